The molecule has 0 unspecified atom stereocenters. The lowest BCUT2D eigenvalue weighted by Gasteiger charge is -2.06. The molecular weight excluding hydrogens is 230 g/mol. The Kier molecular flexibility index (Phi) is 4.16. The van der Waals surface area contributed by atoms with Crippen LogP contribution in [-0.2, 0) is 11.3 Å². The summed E-state index contributed by atoms with van der Waals surface area (Å²) in [5.74, 6) is -1.42. The van der Waals surface area contributed by atoms with Gasteiger partial charge in [0.1, 0.15) is 6.20 Å². The van der Waals surface area contributed by atoms with Gasteiger partial charge in [-0.05, 0) is 13.8 Å². The van der Waals surface area contributed by atoms with E-state index in [4.69, 9.17) is 9.84 Å². The summed E-state index contributed by atoms with van der Waals surface area (Å²) in [5.41, 5.74) is -1.07. The number of nitrogens with zero attached hydrogens (tertiary/aromatic N) is 3. The third-order valence-corrected chi connectivity index (χ3v) is 1.91. The maximum atomic E-state index is 10.7. The van der Waals surface area contributed by atoms with Gasteiger partial charge in [0, 0.05) is 0 Å². The van der Waals surface area contributed by atoms with Crippen LogP contribution in [0.1, 0.15) is 24.3 Å². The van der Waals surface area contributed by atoms with E-state index in [0.717, 1.165) is 6.20 Å². The second-order valence-electron chi connectivity index (χ2n) is 3.61. The van der Waals surface area contributed by atoms with Crippen LogP contribution in [0.25, 0.3) is 0 Å². The molecule has 0 aliphatic heterocycles. The molecule has 94 valence electrons. The molecule has 1 aromatic heterocycles. The number of rotatable bonds is 6. The largest absolute Gasteiger partial charge is 0.476 e. The fourth-order valence-corrected chi connectivity index (χ4v) is 1.19. The summed E-state index contributed by atoms with van der Waals surface area (Å²) < 4.78 is 6.44. The zero-order valence-electron chi connectivity index (χ0n) is 9.49. The van der Waals surface area contributed by atoms with Crippen LogP contribution in [0.5, 0.6) is 0 Å². The first-order valence-electron chi connectivity index (χ1n) is 4.98. The molecule has 0 aliphatic rings. The highest BCUT2D eigenvalue weighted by Crippen LogP contribution is 2.16. The van der Waals surface area contributed by atoms with Crippen LogP contribution < -0.4 is 0 Å². The van der Waals surface area contributed by atoms with Crippen molar-refractivity contribution in [3.05, 3.63) is 22.0 Å². The lowest BCUT2D eigenvalue weighted by Crippen LogP contribution is -2.11. The Bertz CT molecular complexity index is 395. The lowest BCUT2D eigenvalue weighted by atomic mass is 10.4. The monoisotopic (exact) mass is 243 g/mol. The molecule has 0 amide bonds. The molecule has 0 spiro atoms. The van der Waals surface area contributed by atoms with Gasteiger partial charge in [0.15, 0.2) is 0 Å². The zero-order valence-corrected chi connectivity index (χ0v) is 9.49. The van der Waals surface area contributed by atoms with Gasteiger partial charge in [-0.3, -0.25) is 14.8 Å². The maximum Gasteiger partial charge on any atom is 0.363 e. The molecule has 1 N–H and O–H groups in total. The van der Waals surface area contributed by atoms with Crippen molar-refractivity contribution in [2.75, 3.05) is 6.61 Å². The smallest absolute Gasteiger partial charge is 0.363 e. The van der Waals surface area contributed by atoms with E-state index in [-0.39, 0.29) is 12.6 Å². The molecule has 1 aromatic rings. The molecule has 0 fully saturated rings. The van der Waals surface area contributed by atoms with E-state index in [9.17, 15) is 14.9 Å². The van der Waals surface area contributed by atoms with Gasteiger partial charge < -0.3 is 9.84 Å². The Hall–Kier alpha value is -1.96. The van der Waals surface area contributed by atoms with Gasteiger partial charge in [-0.25, -0.2) is 4.79 Å². The number of aromatic nitrogens is 2. The summed E-state index contributed by atoms with van der Waals surface area (Å²) in [6.07, 6.45) is 1.13. The average molecular weight is 243 g/mol. The van der Waals surface area contributed by atoms with Crippen molar-refractivity contribution in [2.24, 2.45) is 0 Å². The van der Waals surface area contributed by atoms with Crippen LogP contribution in [0.2, 0.25) is 0 Å². The number of carboxylic acids is 1. The first-order chi connectivity index (χ1) is 7.91. The minimum absolute atomic E-state index is 0.0412. The average Bonchev–Trinajstić information content (AvgIpc) is 2.61. The Balaban J connectivity index is 2.78. The molecule has 8 nitrogen and oxygen atoms in total. The van der Waals surface area contributed by atoms with Gasteiger partial charge in [0.25, 0.3) is 0 Å². The van der Waals surface area contributed by atoms with Gasteiger partial charge in [0.2, 0.25) is 5.69 Å². The van der Waals surface area contributed by atoms with E-state index in [2.05, 4.69) is 5.10 Å². The third kappa shape index (κ3) is 3.52. The zero-order chi connectivity index (χ0) is 13.0. The lowest BCUT2D eigenvalue weighted by molar-refractivity contribution is -0.385. The standard InChI is InChI=1S/C9H13N3O5/c1-6(2)17-4-3-11-5-7(12(15)16)8(10-11)9(13)14/h5-6H,3-4H2,1-2H3,(H,13,14). The van der Waals surface area contributed by atoms with Crippen molar-refractivity contribution in [2.45, 2.75) is 26.5 Å². The maximum absolute atomic E-state index is 10.7. The third-order valence-electron chi connectivity index (χ3n) is 1.91. The minimum Gasteiger partial charge on any atom is -0.476 e. The van der Waals surface area contributed by atoms with E-state index in [1.54, 1.807) is 0 Å². The van der Waals surface area contributed by atoms with Crippen LogP contribution >= 0.6 is 0 Å². The van der Waals surface area contributed by atoms with Crippen LogP contribution in [0.4, 0.5) is 5.69 Å². The molecule has 1 rings (SSSR count). The molecule has 0 aromatic carbocycles. The number of hydrogen-bond acceptors (Lipinski definition) is 5. The molecule has 0 aliphatic carbocycles. The van der Waals surface area contributed by atoms with E-state index in [1.165, 1.54) is 4.68 Å². The highest BCUT2D eigenvalue weighted by molar-refractivity contribution is 5.89. The highest BCUT2D eigenvalue weighted by Gasteiger charge is 2.24. The molecular formula is C9H13N3O5. The minimum atomic E-state index is -1.42. The fourth-order valence-electron chi connectivity index (χ4n) is 1.19. The predicted octanol–water partition coefficient (Wildman–Crippen LogP) is 0.914. The number of carbonyl (C=O) groups is 1. The van der Waals surface area contributed by atoms with Gasteiger partial charge >= 0.3 is 11.7 Å². The van der Waals surface area contributed by atoms with E-state index >= 15 is 0 Å². The number of nitro groups is 1. The molecule has 0 bridgehead atoms. The molecule has 8 heteroatoms. The summed E-state index contributed by atoms with van der Waals surface area (Å²) in [7, 11) is 0. The topological polar surface area (TPSA) is 107 Å². The summed E-state index contributed by atoms with van der Waals surface area (Å²) >= 11 is 0. The molecule has 1 heterocycles. The Labute approximate surface area is 97.0 Å². The van der Waals surface area contributed by atoms with Crippen LogP contribution in [-0.4, -0.2) is 38.5 Å². The van der Waals surface area contributed by atoms with Crippen LogP contribution in [0.3, 0.4) is 0 Å². The van der Waals surface area contributed by atoms with Crippen molar-refractivity contribution in [3.8, 4) is 0 Å². The normalized spacial score (nSPS) is 10.8. The van der Waals surface area contributed by atoms with Gasteiger partial charge in [-0.1, -0.05) is 0 Å². The molecule has 0 saturated carbocycles. The predicted molar refractivity (Wildman–Crippen MR) is 56.9 cm³/mol. The molecule has 0 atom stereocenters. The van der Waals surface area contributed by atoms with Crippen molar-refractivity contribution in [3.63, 3.8) is 0 Å². The summed E-state index contributed by atoms with van der Waals surface area (Å²) in [4.78, 5) is 20.5. The number of aromatic carboxylic acids is 1. The van der Waals surface area contributed by atoms with E-state index in [0.29, 0.717) is 6.61 Å². The first kappa shape index (κ1) is 13.1. The van der Waals surface area contributed by atoms with Gasteiger partial charge in [-0.15, -0.1) is 0 Å². The van der Waals surface area contributed by atoms with E-state index < -0.39 is 22.3 Å². The van der Waals surface area contributed by atoms with Crippen molar-refractivity contribution in [1.29, 1.82) is 0 Å². The van der Waals surface area contributed by atoms with Crippen molar-refractivity contribution >= 4 is 11.7 Å². The second kappa shape index (κ2) is 5.39. The SMILES string of the molecule is CC(C)OCCn1cc([N+](=O)[O-])c(C(=O)O)n1. The van der Waals surface area contributed by atoms with Crippen LogP contribution in [0.15, 0.2) is 6.20 Å². The Morgan fingerprint density at radius 2 is 2.35 bits per heavy atom. The second-order valence-corrected chi connectivity index (χ2v) is 3.61. The fraction of sp³-hybridized carbons (Fsp3) is 0.556. The van der Waals surface area contributed by atoms with Gasteiger partial charge in [-0.2, -0.15) is 5.10 Å². The summed E-state index contributed by atoms with van der Waals surface area (Å²) in [5, 5.41) is 22.9. The molecule has 0 saturated heterocycles. The van der Waals surface area contributed by atoms with Crippen LogP contribution in [0, 0.1) is 10.1 Å². The Morgan fingerprint density at radius 3 is 2.76 bits per heavy atom. The number of ether oxygens (including phenoxy) is 1. The first-order valence-corrected chi connectivity index (χ1v) is 4.98. The van der Waals surface area contributed by atoms with Crippen molar-refractivity contribution in [1.82, 2.24) is 9.78 Å². The summed E-state index contributed by atoms with van der Waals surface area (Å²) in [6.45, 7) is 4.30. The van der Waals surface area contributed by atoms with E-state index in [1.807, 2.05) is 13.8 Å². The Morgan fingerprint density at radius 1 is 1.71 bits per heavy atom. The van der Waals surface area contributed by atoms with Gasteiger partial charge in [0.05, 0.1) is 24.2 Å². The number of hydrogen-bond donors (Lipinski definition) is 1. The summed E-state index contributed by atoms with van der Waals surface area (Å²) in [6, 6.07) is 0. The quantitative estimate of drug-likeness (QED) is 0.587. The number of carboxylic acid groups (broad SMARTS) is 1. The van der Waals surface area contributed by atoms with Crippen molar-refractivity contribution < 1.29 is 19.6 Å². The molecule has 0 radical (unpaired) electrons. The molecule has 17 heavy (non-hydrogen) atoms. The highest BCUT2D eigenvalue weighted by atomic mass is 16.6.